The van der Waals surface area contributed by atoms with Gasteiger partial charge in [0, 0.05) is 5.56 Å². The van der Waals surface area contributed by atoms with E-state index in [2.05, 4.69) is 10.1 Å². The molecule has 0 spiro atoms. The van der Waals surface area contributed by atoms with Crippen LogP contribution in [0.15, 0.2) is 64.1 Å². The van der Waals surface area contributed by atoms with Crippen molar-refractivity contribution in [1.82, 2.24) is 5.16 Å². The second-order valence-corrected chi connectivity index (χ2v) is 4.88. The van der Waals surface area contributed by atoms with Crippen molar-refractivity contribution >= 4 is 17.2 Å². The zero-order chi connectivity index (χ0) is 15.1. The fourth-order valence-electron chi connectivity index (χ4n) is 2.44. The molecule has 5 nitrogen and oxygen atoms in total. The summed E-state index contributed by atoms with van der Waals surface area (Å²) in [6, 6.07) is 16.1. The van der Waals surface area contributed by atoms with Crippen LogP contribution in [0.3, 0.4) is 0 Å². The van der Waals surface area contributed by atoms with Crippen molar-refractivity contribution in [2.75, 3.05) is 0 Å². The highest BCUT2D eigenvalue weighted by Crippen LogP contribution is 2.36. The van der Waals surface area contributed by atoms with Gasteiger partial charge in [-0.25, -0.2) is 4.99 Å². The molecule has 22 heavy (non-hydrogen) atoms. The third kappa shape index (κ3) is 1.76. The highest BCUT2D eigenvalue weighted by molar-refractivity contribution is 6.54. The summed E-state index contributed by atoms with van der Waals surface area (Å²) in [5.74, 6) is -0.451. The number of fused-ring (bicyclic) bond motifs is 1. The molecule has 4 rings (SSSR count). The maximum absolute atomic E-state index is 12.4. The van der Waals surface area contributed by atoms with Gasteiger partial charge in [-0.05, 0) is 12.1 Å². The lowest BCUT2D eigenvalue weighted by molar-refractivity contribution is 0.106. The maximum atomic E-state index is 12.4. The minimum Gasteiger partial charge on any atom is -0.503 e. The minimum absolute atomic E-state index is 0.0000491. The first-order valence-electron chi connectivity index (χ1n) is 6.72. The van der Waals surface area contributed by atoms with Crippen molar-refractivity contribution in [2.24, 2.45) is 4.99 Å². The summed E-state index contributed by atoms with van der Waals surface area (Å²) in [5.41, 5.74) is 2.14. The van der Waals surface area contributed by atoms with Crippen molar-refractivity contribution in [3.8, 4) is 17.0 Å². The van der Waals surface area contributed by atoms with Gasteiger partial charge in [-0.3, -0.25) is 4.79 Å². The van der Waals surface area contributed by atoms with Crippen LogP contribution in [0.4, 0.5) is 5.69 Å². The lowest BCUT2D eigenvalue weighted by Crippen LogP contribution is -2.10. The van der Waals surface area contributed by atoms with Crippen LogP contribution >= 0.6 is 0 Å². The number of hydrogen-bond acceptors (Lipinski definition) is 5. The smallest absolute Gasteiger partial charge is 0.231 e. The number of nitrogens with zero attached hydrogens (tertiary/aromatic N) is 2. The van der Waals surface area contributed by atoms with E-state index in [9.17, 15) is 9.90 Å². The summed E-state index contributed by atoms with van der Waals surface area (Å²) in [6.07, 6.45) is 0. The van der Waals surface area contributed by atoms with E-state index in [0.29, 0.717) is 22.5 Å². The molecule has 3 aromatic rings. The summed E-state index contributed by atoms with van der Waals surface area (Å²) in [5, 5.41) is 14.2. The molecule has 0 amide bonds. The van der Waals surface area contributed by atoms with E-state index >= 15 is 0 Å². The van der Waals surface area contributed by atoms with Crippen LogP contribution < -0.4 is 0 Å². The van der Waals surface area contributed by atoms with Crippen LogP contribution in [0.25, 0.3) is 11.3 Å². The van der Waals surface area contributed by atoms with Crippen molar-refractivity contribution in [2.45, 2.75) is 0 Å². The van der Waals surface area contributed by atoms with Crippen LogP contribution in [-0.2, 0) is 0 Å². The number of carbonyl (C=O) groups excluding carboxylic acids is 1. The van der Waals surface area contributed by atoms with Gasteiger partial charge < -0.3 is 9.63 Å². The van der Waals surface area contributed by atoms with Gasteiger partial charge in [-0.15, -0.1) is 0 Å². The summed E-state index contributed by atoms with van der Waals surface area (Å²) < 4.78 is 5.18. The normalized spacial score (nSPS) is 13.1. The van der Waals surface area contributed by atoms with Crippen LogP contribution in [0, 0.1) is 0 Å². The van der Waals surface area contributed by atoms with E-state index in [1.807, 2.05) is 18.2 Å². The van der Waals surface area contributed by atoms with E-state index in [1.165, 1.54) is 0 Å². The summed E-state index contributed by atoms with van der Waals surface area (Å²) in [4.78, 5) is 16.6. The summed E-state index contributed by atoms with van der Waals surface area (Å²) in [7, 11) is 0. The molecule has 1 N–H and O–H groups in total. The molecule has 0 saturated heterocycles. The van der Waals surface area contributed by atoms with E-state index in [-0.39, 0.29) is 23.0 Å². The average Bonchev–Trinajstić information content (AvgIpc) is 3.09. The van der Waals surface area contributed by atoms with Gasteiger partial charge in [0.15, 0.2) is 17.2 Å². The lowest BCUT2D eigenvalue weighted by Gasteiger charge is -1.96. The number of para-hydroxylation sites is 1. The number of aromatic nitrogens is 1. The van der Waals surface area contributed by atoms with Crippen LogP contribution in [0.5, 0.6) is 5.75 Å². The molecule has 2 aromatic carbocycles. The predicted molar refractivity (Wildman–Crippen MR) is 80.6 cm³/mol. The Labute approximate surface area is 125 Å². The summed E-state index contributed by atoms with van der Waals surface area (Å²) >= 11 is 0. The molecule has 0 unspecified atom stereocenters. The molecule has 0 aliphatic carbocycles. The van der Waals surface area contributed by atoms with Crippen molar-refractivity contribution in [1.29, 1.82) is 0 Å². The first kappa shape index (κ1) is 12.5. The van der Waals surface area contributed by atoms with E-state index < -0.39 is 0 Å². The summed E-state index contributed by atoms with van der Waals surface area (Å²) in [6.45, 7) is 0. The Bertz CT molecular complexity index is 911. The third-order valence-corrected chi connectivity index (χ3v) is 3.53. The first-order chi connectivity index (χ1) is 10.8. The Kier molecular flexibility index (Phi) is 2.66. The van der Waals surface area contributed by atoms with Crippen molar-refractivity contribution in [3.63, 3.8) is 0 Å². The fourth-order valence-corrected chi connectivity index (χ4v) is 2.44. The first-order valence-corrected chi connectivity index (χ1v) is 6.72. The third-order valence-electron chi connectivity index (χ3n) is 3.53. The Hall–Kier alpha value is -3.21. The highest BCUT2D eigenvalue weighted by Gasteiger charge is 2.32. The number of rotatable bonds is 2. The Morgan fingerprint density at radius 1 is 0.955 bits per heavy atom. The van der Waals surface area contributed by atoms with Gasteiger partial charge in [0.25, 0.3) is 0 Å². The van der Waals surface area contributed by atoms with Gasteiger partial charge in [-0.2, -0.15) is 0 Å². The van der Waals surface area contributed by atoms with Crippen LogP contribution in [0.1, 0.15) is 16.1 Å². The number of Topliss-reactive ketones (excluding diaryl/α,β-unsaturated/α-hetero) is 1. The molecule has 0 radical (unpaired) electrons. The number of benzene rings is 2. The molecular weight excluding hydrogens is 280 g/mol. The van der Waals surface area contributed by atoms with E-state index in [0.717, 1.165) is 0 Å². The second-order valence-electron chi connectivity index (χ2n) is 4.88. The van der Waals surface area contributed by atoms with Gasteiger partial charge in [0.05, 0.1) is 11.3 Å². The minimum atomic E-state index is -0.276. The Morgan fingerprint density at radius 2 is 1.68 bits per heavy atom. The topological polar surface area (TPSA) is 75.7 Å². The molecule has 5 heteroatoms. The van der Waals surface area contributed by atoms with Crippen LogP contribution in [-0.4, -0.2) is 21.8 Å². The number of carbonyl (C=O) groups is 1. The quantitative estimate of drug-likeness (QED) is 0.785. The molecule has 0 bridgehead atoms. The fraction of sp³-hybridized carbons (Fsp3) is 0. The lowest BCUT2D eigenvalue weighted by atomic mass is 10.1. The molecule has 1 aliphatic heterocycles. The molecule has 1 aliphatic rings. The molecule has 0 saturated carbocycles. The van der Waals surface area contributed by atoms with Crippen molar-refractivity contribution < 1.29 is 14.4 Å². The van der Waals surface area contributed by atoms with Gasteiger partial charge in [0.2, 0.25) is 11.5 Å². The number of ketones is 1. The van der Waals surface area contributed by atoms with E-state index in [1.54, 1.807) is 36.4 Å². The zero-order valence-corrected chi connectivity index (χ0v) is 11.4. The number of aliphatic imine (C=N–C) groups is 1. The number of aromatic hydroxyl groups is 1. The van der Waals surface area contributed by atoms with Gasteiger partial charge in [-0.1, -0.05) is 47.6 Å². The predicted octanol–water partition coefficient (Wildman–Crippen LogP) is 3.36. The second kappa shape index (κ2) is 4.66. The largest absolute Gasteiger partial charge is 0.503 e. The van der Waals surface area contributed by atoms with E-state index in [4.69, 9.17) is 4.52 Å². The molecule has 0 fully saturated rings. The molecular formula is C17H10N2O3. The standard InChI is InChI=1S/C17H10N2O3/c20-15-11-8-4-5-9-12(11)18-14(15)17-16(21)13(19-22-17)10-6-2-1-3-7-10/h1-9,21H. The van der Waals surface area contributed by atoms with Crippen molar-refractivity contribution in [3.05, 3.63) is 65.9 Å². The Morgan fingerprint density at radius 3 is 2.45 bits per heavy atom. The SMILES string of the molecule is O=C1C(c2onc(-c3ccccc3)c2O)=Nc2ccccc21. The zero-order valence-electron chi connectivity index (χ0n) is 11.4. The van der Waals surface area contributed by atoms with Gasteiger partial charge >= 0.3 is 0 Å². The molecule has 2 heterocycles. The highest BCUT2D eigenvalue weighted by atomic mass is 16.5. The number of hydrogen-bond donors (Lipinski definition) is 1. The van der Waals surface area contributed by atoms with Crippen LogP contribution in [0.2, 0.25) is 0 Å². The van der Waals surface area contributed by atoms with Gasteiger partial charge in [0.1, 0.15) is 0 Å². The molecule has 106 valence electrons. The molecule has 1 aromatic heterocycles. The maximum Gasteiger partial charge on any atom is 0.231 e. The monoisotopic (exact) mass is 290 g/mol. The Balaban J connectivity index is 1.81. The average molecular weight is 290 g/mol. The molecule has 0 atom stereocenters.